The predicted octanol–water partition coefficient (Wildman–Crippen LogP) is 2.06. The van der Waals surface area contributed by atoms with Crippen LogP contribution < -0.4 is 11.1 Å². The van der Waals surface area contributed by atoms with Gasteiger partial charge in [0.2, 0.25) is 0 Å². The summed E-state index contributed by atoms with van der Waals surface area (Å²) in [5, 5.41) is 3.30. The van der Waals surface area contributed by atoms with Crippen molar-refractivity contribution in [3.63, 3.8) is 0 Å². The highest BCUT2D eigenvalue weighted by Gasteiger charge is 2.36. The lowest BCUT2D eigenvalue weighted by molar-refractivity contribution is 0.133. The van der Waals surface area contributed by atoms with Crippen molar-refractivity contribution in [2.75, 3.05) is 13.6 Å². The van der Waals surface area contributed by atoms with Crippen molar-refractivity contribution in [3.8, 4) is 0 Å². The molecule has 3 rings (SSSR count). The molecule has 0 radical (unpaired) electrons. The van der Waals surface area contributed by atoms with Gasteiger partial charge in [-0.25, -0.2) is 4.79 Å². The lowest BCUT2D eigenvalue weighted by atomic mass is 9.65. The van der Waals surface area contributed by atoms with Crippen LogP contribution in [-0.4, -0.2) is 18.2 Å². The van der Waals surface area contributed by atoms with Gasteiger partial charge in [-0.15, -0.1) is 0 Å². The molecule has 0 saturated heterocycles. The summed E-state index contributed by atoms with van der Waals surface area (Å²) in [6.07, 6.45) is 4.95. The molecule has 1 aromatic carbocycles. The molecule has 0 spiro atoms. The molecule has 0 unspecified atom stereocenters. The molecule has 0 aliphatic heterocycles. The first-order chi connectivity index (χ1) is 9.13. The molecular formula is C15H20N2O2. The van der Waals surface area contributed by atoms with E-state index in [1.54, 1.807) is 11.6 Å². The predicted molar refractivity (Wildman–Crippen MR) is 75.4 cm³/mol. The molecule has 19 heavy (non-hydrogen) atoms. The number of nitrogens with zero attached hydrogens (tertiary/aromatic N) is 1. The van der Waals surface area contributed by atoms with E-state index < -0.39 is 0 Å². The van der Waals surface area contributed by atoms with Gasteiger partial charge in [0.25, 0.3) is 0 Å². The van der Waals surface area contributed by atoms with E-state index in [0.29, 0.717) is 11.0 Å². The van der Waals surface area contributed by atoms with E-state index in [1.165, 1.54) is 24.8 Å². The van der Waals surface area contributed by atoms with Gasteiger partial charge < -0.3 is 9.73 Å². The lowest BCUT2D eigenvalue weighted by Crippen LogP contribution is -2.40. The summed E-state index contributed by atoms with van der Waals surface area (Å²) in [5.74, 6) is -0.291. The molecule has 1 aliphatic carbocycles. The Kier molecular flexibility index (Phi) is 2.97. The first kappa shape index (κ1) is 12.5. The largest absolute Gasteiger partial charge is 0.419 e. The maximum atomic E-state index is 11.5. The van der Waals surface area contributed by atoms with Gasteiger partial charge in [0.05, 0.1) is 5.52 Å². The SMILES string of the molecule is CNCC1(Cc2ccc3c(c2)oc(=O)n3C)CCC1. The molecule has 2 aromatic rings. The van der Waals surface area contributed by atoms with Gasteiger partial charge in [-0.3, -0.25) is 4.57 Å². The average molecular weight is 260 g/mol. The van der Waals surface area contributed by atoms with Crippen molar-refractivity contribution in [1.82, 2.24) is 9.88 Å². The van der Waals surface area contributed by atoms with Crippen LogP contribution in [0.25, 0.3) is 11.1 Å². The van der Waals surface area contributed by atoms with Crippen molar-refractivity contribution in [2.45, 2.75) is 25.7 Å². The molecule has 1 aliphatic rings. The fourth-order valence-electron chi connectivity index (χ4n) is 3.19. The molecule has 0 bridgehead atoms. The van der Waals surface area contributed by atoms with Gasteiger partial charge in [0.1, 0.15) is 0 Å². The second-order valence-corrected chi connectivity index (χ2v) is 5.79. The number of rotatable bonds is 4. The maximum absolute atomic E-state index is 11.5. The van der Waals surface area contributed by atoms with Crippen LogP contribution in [0.5, 0.6) is 0 Å². The van der Waals surface area contributed by atoms with Crippen molar-refractivity contribution < 1.29 is 4.42 Å². The highest BCUT2D eigenvalue weighted by Crippen LogP contribution is 2.43. The summed E-state index contributed by atoms with van der Waals surface area (Å²) in [6.45, 7) is 1.06. The summed E-state index contributed by atoms with van der Waals surface area (Å²) in [5.41, 5.74) is 3.23. The minimum absolute atomic E-state index is 0.291. The third-order valence-corrected chi connectivity index (χ3v) is 4.40. The van der Waals surface area contributed by atoms with Crippen LogP contribution >= 0.6 is 0 Å². The zero-order valence-corrected chi connectivity index (χ0v) is 11.5. The standard InChI is InChI=1S/C15H20N2O2/c1-16-10-15(6-3-7-15)9-11-4-5-12-13(8-11)19-14(18)17(12)2/h4-5,8,16H,3,6-7,9-10H2,1-2H3. The number of fused-ring (bicyclic) bond motifs is 1. The highest BCUT2D eigenvalue weighted by molar-refractivity contribution is 5.73. The molecule has 1 heterocycles. The Morgan fingerprint density at radius 3 is 2.84 bits per heavy atom. The highest BCUT2D eigenvalue weighted by atomic mass is 16.4. The van der Waals surface area contributed by atoms with E-state index in [-0.39, 0.29) is 5.76 Å². The topological polar surface area (TPSA) is 47.2 Å². The second-order valence-electron chi connectivity index (χ2n) is 5.79. The van der Waals surface area contributed by atoms with Crippen LogP contribution in [0.15, 0.2) is 27.4 Å². The molecule has 4 heteroatoms. The zero-order chi connectivity index (χ0) is 13.5. The molecule has 102 valence electrons. The Balaban J connectivity index is 1.91. The molecule has 4 nitrogen and oxygen atoms in total. The number of oxazole rings is 1. The lowest BCUT2D eigenvalue weighted by Gasteiger charge is -2.42. The number of nitrogens with one attached hydrogen (secondary N) is 1. The third-order valence-electron chi connectivity index (χ3n) is 4.40. The Morgan fingerprint density at radius 2 is 2.21 bits per heavy atom. The quantitative estimate of drug-likeness (QED) is 0.915. The molecule has 1 saturated carbocycles. The number of aromatic nitrogens is 1. The Hall–Kier alpha value is -1.55. The Morgan fingerprint density at radius 1 is 1.42 bits per heavy atom. The van der Waals surface area contributed by atoms with E-state index in [1.807, 2.05) is 19.2 Å². The zero-order valence-electron chi connectivity index (χ0n) is 11.5. The molecular weight excluding hydrogens is 240 g/mol. The summed E-state index contributed by atoms with van der Waals surface area (Å²) >= 11 is 0. The first-order valence-corrected chi connectivity index (χ1v) is 6.87. The molecule has 0 amide bonds. The third kappa shape index (κ3) is 2.10. The maximum Gasteiger partial charge on any atom is 0.419 e. The van der Waals surface area contributed by atoms with Gasteiger partial charge in [0, 0.05) is 13.6 Å². The summed E-state index contributed by atoms with van der Waals surface area (Å²) < 4.78 is 6.80. The van der Waals surface area contributed by atoms with E-state index in [2.05, 4.69) is 11.4 Å². The van der Waals surface area contributed by atoms with Gasteiger partial charge in [-0.1, -0.05) is 12.5 Å². The van der Waals surface area contributed by atoms with Gasteiger partial charge in [0.15, 0.2) is 5.58 Å². The number of benzene rings is 1. The minimum atomic E-state index is -0.291. The monoisotopic (exact) mass is 260 g/mol. The molecule has 0 atom stereocenters. The first-order valence-electron chi connectivity index (χ1n) is 6.87. The van der Waals surface area contributed by atoms with Crippen LogP contribution in [0.1, 0.15) is 24.8 Å². The van der Waals surface area contributed by atoms with Crippen molar-refractivity contribution in [1.29, 1.82) is 0 Å². The number of aryl methyl sites for hydroxylation is 1. The van der Waals surface area contributed by atoms with E-state index in [9.17, 15) is 4.79 Å². The van der Waals surface area contributed by atoms with Crippen LogP contribution in [0.4, 0.5) is 0 Å². The average Bonchev–Trinajstić information content (AvgIpc) is 2.62. The Bertz CT molecular complexity index is 650. The van der Waals surface area contributed by atoms with E-state index in [4.69, 9.17) is 4.42 Å². The van der Waals surface area contributed by atoms with Crippen LogP contribution in [0, 0.1) is 5.41 Å². The molecule has 1 fully saturated rings. The number of hydrogen-bond acceptors (Lipinski definition) is 3. The Labute approximate surface area is 112 Å². The van der Waals surface area contributed by atoms with Gasteiger partial charge in [-0.2, -0.15) is 0 Å². The normalized spacial score (nSPS) is 17.6. The van der Waals surface area contributed by atoms with Crippen molar-refractivity contribution in [2.24, 2.45) is 12.5 Å². The summed E-state index contributed by atoms with van der Waals surface area (Å²) in [7, 11) is 3.75. The fraction of sp³-hybridized carbons (Fsp3) is 0.533. The number of hydrogen-bond donors (Lipinski definition) is 1. The minimum Gasteiger partial charge on any atom is -0.408 e. The van der Waals surface area contributed by atoms with E-state index >= 15 is 0 Å². The van der Waals surface area contributed by atoms with Crippen molar-refractivity contribution in [3.05, 3.63) is 34.3 Å². The van der Waals surface area contributed by atoms with Crippen molar-refractivity contribution >= 4 is 11.1 Å². The van der Waals surface area contributed by atoms with Crippen LogP contribution in [0.3, 0.4) is 0 Å². The fourth-order valence-corrected chi connectivity index (χ4v) is 3.19. The van der Waals surface area contributed by atoms with Crippen LogP contribution in [-0.2, 0) is 13.5 Å². The smallest absolute Gasteiger partial charge is 0.408 e. The second kappa shape index (κ2) is 4.53. The molecule has 1 aromatic heterocycles. The summed E-state index contributed by atoms with van der Waals surface area (Å²) in [4.78, 5) is 11.5. The van der Waals surface area contributed by atoms with Gasteiger partial charge >= 0.3 is 5.76 Å². The summed E-state index contributed by atoms with van der Waals surface area (Å²) in [6, 6.07) is 6.13. The van der Waals surface area contributed by atoms with Crippen LogP contribution in [0.2, 0.25) is 0 Å². The van der Waals surface area contributed by atoms with E-state index in [0.717, 1.165) is 18.5 Å². The van der Waals surface area contributed by atoms with Gasteiger partial charge in [-0.05, 0) is 49.4 Å². The molecule has 1 N–H and O–H groups in total.